The molecule has 0 aromatic carbocycles. The van der Waals surface area contributed by atoms with Gasteiger partial charge in [-0.15, -0.1) is 0 Å². The molecule has 0 aliphatic rings. The number of carboxylic acid groups (broad SMARTS) is 1. The van der Waals surface area contributed by atoms with Crippen molar-refractivity contribution in [3.63, 3.8) is 0 Å². The van der Waals surface area contributed by atoms with Crippen LogP contribution in [-0.4, -0.2) is 22.6 Å². The van der Waals surface area contributed by atoms with Gasteiger partial charge in [0.15, 0.2) is 0 Å². The minimum atomic E-state index is -1.04. The summed E-state index contributed by atoms with van der Waals surface area (Å²) < 4.78 is 0. The van der Waals surface area contributed by atoms with Gasteiger partial charge in [-0.1, -0.05) is 38.3 Å². The van der Waals surface area contributed by atoms with Gasteiger partial charge >= 0.3 is 5.97 Å². The van der Waals surface area contributed by atoms with E-state index < -0.39 is 5.97 Å². The third kappa shape index (κ3) is 3.89. The highest BCUT2D eigenvalue weighted by atomic mass is 35.5. The Morgan fingerprint density at radius 3 is 2.71 bits per heavy atom. The molecule has 0 bridgehead atoms. The molecule has 0 atom stereocenters. The van der Waals surface area contributed by atoms with Gasteiger partial charge in [-0.2, -0.15) is 0 Å². The van der Waals surface area contributed by atoms with E-state index in [9.17, 15) is 4.79 Å². The largest absolute Gasteiger partial charge is 0.478 e. The fraction of sp³-hybridized carbons (Fsp3) is 0.500. The maximum atomic E-state index is 10.9. The Balaban J connectivity index is 2.72. The lowest BCUT2D eigenvalue weighted by molar-refractivity contribution is 0.0697. The summed E-state index contributed by atoms with van der Waals surface area (Å²) in [5.74, 6) is 0.0856. The summed E-state index contributed by atoms with van der Waals surface area (Å²) in [5.41, 5.74) is 0.0775. The van der Waals surface area contributed by atoms with E-state index in [1.165, 1.54) is 12.3 Å². The molecule has 1 heterocycles. The normalized spacial score (nSPS) is 10.6. The summed E-state index contributed by atoms with van der Waals surface area (Å²) in [7, 11) is 0. The molecule has 1 rings (SSSR count). The number of nitrogens with zero attached hydrogens (tertiary/aromatic N) is 1. The predicted octanol–water partition coefficient (Wildman–Crippen LogP) is 3.28. The summed E-state index contributed by atoms with van der Waals surface area (Å²) in [6, 6.07) is 1.47. The Labute approximate surface area is 106 Å². The number of halogens is 1. The third-order valence-electron chi connectivity index (χ3n) is 2.81. The summed E-state index contributed by atoms with van der Waals surface area (Å²) in [5, 5.41) is 12.2. The van der Waals surface area contributed by atoms with Crippen molar-refractivity contribution in [2.24, 2.45) is 5.92 Å². The van der Waals surface area contributed by atoms with Gasteiger partial charge in [0.25, 0.3) is 0 Å². The molecule has 0 spiro atoms. The van der Waals surface area contributed by atoms with Crippen LogP contribution in [0.5, 0.6) is 0 Å². The lowest BCUT2D eigenvalue weighted by Gasteiger charge is -2.14. The molecule has 0 saturated carbocycles. The van der Waals surface area contributed by atoms with E-state index in [0.717, 1.165) is 19.4 Å². The number of hydrogen-bond acceptors (Lipinski definition) is 3. The molecule has 0 fully saturated rings. The van der Waals surface area contributed by atoms with Crippen molar-refractivity contribution in [2.75, 3.05) is 11.9 Å². The van der Waals surface area contributed by atoms with Crippen molar-refractivity contribution in [1.29, 1.82) is 0 Å². The van der Waals surface area contributed by atoms with Crippen molar-refractivity contribution in [1.82, 2.24) is 4.98 Å². The van der Waals surface area contributed by atoms with Crippen LogP contribution in [0.15, 0.2) is 12.3 Å². The minimum Gasteiger partial charge on any atom is -0.478 e. The molecule has 17 heavy (non-hydrogen) atoms. The first kappa shape index (κ1) is 13.8. The molecule has 1 aromatic heterocycles. The molecule has 0 saturated heterocycles. The Kier molecular flexibility index (Phi) is 5.22. The second kappa shape index (κ2) is 6.45. The zero-order valence-corrected chi connectivity index (χ0v) is 10.8. The zero-order chi connectivity index (χ0) is 12.8. The van der Waals surface area contributed by atoms with Crippen LogP contribution in [0.25, 0.3) is 0 Å². The number of nitrogens with one attached hydrogen (secondary N) is 1. The number of aromatic nitrogens is 1. The average molecular weight is 257 g/mol. The molecule has 0 unspecified atom stereocenters. The van der Waals surface area contributed by atoms with E-state index >= 15 is 0 Å². The number of aromatic carboxylic acids is 1. The van der Waals surface area contributed by atoms with E-state index in [1.54, 1.807) is 0 Å². The molecular formula is C12H17ClN2O2. The number of carbonyl (C=O) groups is 1. The summed E-state index contributed by atoms with van der Waals surface area (Å²) in [6.07, 6.45) is 3.53. The van der Waals surface area contributed by atoms with Crippen LogP contribution in [0.2, 0.25) is 5.02 Å². The van der Waals surface area contributed by atoms with Crippen LogP contribution in [0.3, 0.4) is 0 Å². The van der Waals surface area contributed by atoms with E-state index in [-0.39, 0.29) is 10.6 Å². The second-order valence-electron chi connectivity index (χ2n) is 3.92. The van der Waals surface area contributed by atoms with Crippen LogP contribution in [0.4, 0.5) is 5.82 Å². The van der Waals surface area contributed by atoms with Gasteiger partial charge in [0.1, 0.15) is 5.82 Å². The predicted molar refractivity (Wildman–Crippen MR) is 68.8 cm³/mol. The molecule has 0 radical (unpaired) electrons. The lowest BCUT2D eigenvalue weighted by Crippen LogP contribution is -2.14. The van der Waals surface area contributed by atoms with Gasteiger partial charge in [0.05, 0.1) is 10.6 Å². The van der Waals surface area contributed by atoms with Crippen LogP contribution in [0.1, 0.15) is 37.0 Å². The lowest BCUT2D eigenvalue weighted by atomic mass is 10.0. The van der Waals surface area contributed by atoms with E-state index in [1.807, 2.05) is 0 Å². The van der Waals surface area contributed by atoms with Crippen molar-refractivity contribution >= 4 is 23.4 Å². The first-order chi connectivity index (χ1) is 8.08. The van der Waals surface area contributed by atoms with Gasteiger partial charge < -0.3 is 10.4 Å². The van der Waals surface area contributed by atoms with Crippen LogP contribution < -0.4 is 5.32 Å². The standard InChI is InChI=1S/C12H17ClN2O2/c1-3-8(4-2)6-14-11-5-9(12(16)17)10(13)7-15-11/h5,7-8H,3-4,6H2,1-2H3,(H,14,15)(H,16,17). The fourth-order valence-corrected chi connectivity index (χ4v) is 1.71. The SMILES string of the molecule is CCC(CC)CNc1cc(C(=O)O)c(Cl)cn1. The van der Waals surface area contributed by atoms with Gasteiger partial charge in [-0.3, -0.25) is 0 Å². The molecule has 2 N–H and O–H groups in total. The summed E-state index contributed by atoms with van der Waals surface area (Å²) in [4.78, 5) is 14.9. The summed E-state index contributed by atoms with van der Waals surface area (Å²) >= 11 is 5.74. The smallest absolute Gasteiger partial charge is 0.337 e. The highest BCUT2D eigenvalue weighted by Crippen LogP contribution is 2.18. The molecule has 0 amide bonds. The number of hydrogen-bond donors (Lipinski definition) is 2. The van der Waals surface area contributed by atoms with Crippen molar-refractivity contribution in [3.8, 4) is 0 Å². The molecule has 5 heteroatoms. The third-order valence-corrected chi connectivity index (χ3v) is 3.11. The van der Waals surface area contributed by atoms with E-state index in [2.05, 4.69) is 24.1 Å². The quantitative estimate of drug-likeness (QED) is 0.820. The Morgan fingerprint density at radius 2 is 2.18 bits per heavy atom. The molecular weight excluding hydrogens is 240 g/mol. The van der Waals surface area contributed by atoms with E-state index in [0.29, 0.717) is 11.7 Å². The zero-order valence-electron chi connectivity index (χ0n) is 10.0. The Bertz CT molecular complexity index is 392. The van der Waals surface area contributed by atoms with Gasteiger partial charge in [-0.25, -0.2) is 9.78 Å². The second-order valence-corrected chi connectivity index (χ2v) is 4.33. The van der Waals surface area contributed by atoms with Crippen molar-refractivity contribution in [2.45, 2.75) is 26.7 Å². The fourth-order valence-electron chi connectivity index (χ4n) is 1.53. The van der Waals surface area contributed by atoms with Gasteiger partial charge in [0, 0.05) is 12.7 Å². The molecule has 4 nitrogen and oxygen atoms in total. The minimum absolute atomic E-state index is 0.0775. The molecule has 1 aromatic rings. The van der Waals surface area contributed by atoms with Crippen LogP contribution in [-0.2, 0) is 0 Å². The van der Waals surface area contributed by atoms with Crippen molar-refractivity contribution < 1.29 is 9.90 Å². The first-order valence-electron chi connectivity index (χ1n) is 5.71. The molecule has 0 aliphatic carbocycles. The van der Waals surface area contributed by atoms with Crippen LogP contribution >= 0.6 is 11.6 Å². The number of pyridine rings is 1. The molecule has 94 valence electrons. The monoisotopic (exact) mass is 256 g/mol. The van der Waals surface area contributed by atoms with Crippen molar-refractivity contribution in [3.05, 3.63) is 22.8 Å². The topological polar surface area (TPSA) is 62.2 Å². The number of anilines is 1. The first-order valence-corrected chi connectivity index (χ1v) is 6.09. The number of rotatable bonds is 6. The molecule has 0 aliphatic heterocycles. The highest BCUT2D eigenvalue weighted by Gasteiger charge is 2.11. The summed E-state index contributed by atoms with van der Waals surface area (Å²) in [6.45, 7) is 5.06. The van der Waals surface area contributed by atoms with E-state index in [4.69, 9.17) is 16.7 Å². The number of carboxylic acids is 1. The van der Waals surface area contributed by atoms with Crippen LogP contribution in [0, 0.1) is 5.92 Å². The van der Waals surface area contributed by atoms with Gasteiger partial charge in [0.2, 0.25) is 0 Å². The Hall–Kier alpha value is -1.29. The maximum absolute atomic E-state index is 10.9. The highest BCUT2D eigenvalue weighted by molar-refractivity contribution is 6.33. The Morgan fingerprint density at radius 1 is 1.53 bits per heavy atom. The maximum Gasteiger partial charge on any atom is 0.337 e. The average Bonchev–Trinajstić information content (AvgIpc) is 2.32. The van der Waals surface area contributed by atoms with Gasteiger partial charge in [-0.05, 0) is 12.0 Å².